The maximum absolute atomic E-state index is 14.5. The van der Waals surface area contributed by atoms with Crippen LogP contribution in [0.2, 0.25) is 0 Å². The molecule has 4 rings (SSSR count). The Hall–Kier alpha value is -1.91. The number of halogens is 1. The molecule has 26 heavy (non-hydrogen) atoms. The molecule has 138 valence electrons. The first kappa shape index (κ1) is 17.5. The molecule has 0 bridgehead atoms. The average Bonchev–Trinajstić information content (AvgIpc) is 2.80. The third kappa shape index (κ3) is 3.49. The van der Waals surface area contributed by atoms with Crippen molar-refractivity contribution in [2.45, 2.75) is 18.9 Å². The Balaban J connectivity index is 1.69. The van der Waals surface area contributed by atoms with Gasteiger partial charge in [-0.15, -0.1) is 0 Å². The Bertz CT molecular complexity index is 768. The molecule has 0 aromatic heterocycles. The quantitative estimate of drug-likeness (QED) is 0.818. The number of benzene rings is 2. The molecule has 2 aromatic rings. The van der Waals surface area contributed by atoms with Gasteiger partial charge in [0.2, 0.25) is 0 Å². The zero-order chi connectivity index (χ0) is 18.1. The van der Waals surface area contributed by atoms with Gasteiger partial charge in [-0.25, -0.2) is 4.39 Å². The molecule has 0 spiro atoms. The molecule has 2 aromatic carbocycles. The fourth-order valence-corrected chi connectivity index (χ4v) is 4.29. The van der Waals surface area contributed by atoms with E-state index in [9.17, 15) is 4.39 Å². The predicted octanol–water partition coefficient (Wildman–Crippen LogP) is 3.54. The Morgan fingerprint density at radius 2 is 1.62 bits per heavy atom. The van der Waals surface area contributed by atoms with Gasteiger partial charge in [0.25, 0.3) is 0 Å². The van der Waals surface area contributed by atoms with Crippen molar-refractivity contribution in [2.24, 2.45) is 0 Å². The smallest absolute Gasteiger partial charge is 0.127 e. The summed E-state index contributed by atoms with van der Waals surface area (Å²) in [5.74, 6) is 0.0498. The monoisotopic (exact) mass is 353 g/mol. The molecular formula is C22H28FN3. The highest BCUT2D eigenvalue weighted by Crippen LogP contribution is 2.36. The maximum Gasteiger partial charge on any atom is 0.127 e. The topological polar surface area (TPSA) is 9.72 Å². The summed E-state index contributed by atoms with van der Waals surface area (Å²) in [6, 6.07) is 14.1. The molecule has 2 aliphatic rings. The van der Waals surface area contributed by atoms with Gasteiger partial charge in [0.1, 0.15) is 5.82 Å². The minimum Gasteiger partial charge on any atom is -0.369 e. The van der Waals surface area contributed by atoms with Crippen molar-refractivity contribution in [2.75, 3.05) is 51.7 Å². The lowest BCUT2D eigenvalue weighted by atomic mass is 9.86. The highest BCUT2D eigenvalue weighted by atomic mass is 19.1. The molecule has 1 atom stereocenters. The molecule has 0 N–H and O–H groups in total. The SMILES string of the molecule is CN1CCN(c2ccc3c(c2)CN(C)CCC3c2ccccc2F)CC1. The van der Waals surface area contributed by atoms with E-state index in [4.69, 9.17) is 0 Å². The van der Waals surface area contributed by atoms with Crippen LogP contribution < -0.4 is 4.90 Å². The predicted molar refractivity (Wildman–Crippen MR) is 105 cm³/mol. The first-order valence-corrected chi connectivity index (χ1v) is 9.61. The van der Waals surface area contributed by atoms with E-state index in [1.807, 2.05) is 12.1 Å². The van der Waals surface area contributed by atoms with Crippen molar-refractivity contribution in [1.29, 1.82) is 0 Å². The summed E-state index contributed by atoms with van der Waals surface area (Å²) in [6.45, 7) is 6.27. The second kappa shape index (κ2) is 7.37. The number of nitrogens with zero attached hydrogens (tertiary/aromatic N) is 3. The molecule has 4 heteroatoms. The van der Waals surface area contributed by atoms with Crippen molar-refractivity contribution < 1.29 is 4.39 Å². The van der Waals surface area contributed by atoms with Crippen LogP contribution >= 0.6 is 0 Å². The Labute approximate surface area is 156 Å². The zero-order valence-electron chi connectivity index (χ0n) is 15.8. The maximum atomic E-state index is 14.5. The van der Waals surface area contributed by atoms with Crippen molar-refractivity contribution in [1.82, 2.24) is 9.80 Å². The molecule has 0 amide bonds. The molecule has 1 saturated heterocycles. The number of anilines is 1. The molecule has 0 radical (unpaired) electrons. The molecule has 1 unspecified atom stereocenters. The number of fused-ring (bicyclic) bond motifs is 1. The summed E-state index contributed by atoms with van der Waals surface area (Å²) >= 11 is 0. The zero-order valence-corrected chi connectivity index (χ0v) is 15.8. The largest absolute Gasteiger partial charge is 0.369 e. The van der Waals surface area contributed by atoms with Gasteiger partial charge in [-0.05, 0) is 62.0 Å². The van der Waals surface area contributed by atoms with Gasteiger partial charge in [0.15, 0.2) is 0 Å². The molecule has 2 aliphatic heterocycles. The third-order valence-electron chi connectivity index (χ3n) is 5.89. The normalized spacial score (nSPS) is 22.1. The van der Waals surface area contributed by atoms with Gasteiger partial charge < -0.3 is 14.7 Å². The average molecular weight is 353 g/mol. The van der Waals surface area contributed by atoms with Gasteiger partial charge in [0.05, 0.1) is 0 Å². The van der Waals surface area contributed by atoms with Crippen LogP contribution in [0, 0.1) is 5.82 Å². The highest BCUT2D eigenvalue weighted by Gasteiger charge is 2.25. The van der Waals surface area contributed by atoms with E-state index in [0.717, 1.165) is 51.3 Å². The number of hydrogen-bond donors (Lipinski definition) is 0. The summed E-state index contributed by atoms with van der Waals surface area (Å²) < 4.78 is 14.5. The lowest BCUT2D eigenvalue weighted by molar-refractivity contribution is 0.312. The molecule has 2 heterocycles. The fourth-order valence-electron chi connectivity index (χ4n) is 4.29. The van der Waals surface area contributed by atoms with Crippen molar-refractivity contribution in [3.8, 4) is 0 Å². The molecule has 0 saturated carbocycles. The number of hydrogen-bond acceptors (Lipinski definition) is 3. The van der Waals surface area contributed by atoms with Crippen LogP contribution in [0.1, 0.15) is 29.0 Å². The van der Waals surface area contributed by atoms with Crippen molar-refractivity contribution >= 4 is 5.69 Å². The van der Waals surface area contributed by atoms with Crippen LogP contribution in [0.25, 0.3) is 0 Å². The summed E-state index contributed by atoms with van der Waals surface area (Å²) in [4.78, 5) is 7.21. The fraction of sp³-hybridized carbons (Fsp3) is 0.455. The molecule has 0 aliphatic carbocycles. The number of likely N-dealkylation sites (N-methyl/N-ethyl adjacent to an activating group) is 1. The molecular weight excluding hydrogens is 325 g/mol. The summed E-state index contributed by atoms with van der Waals surface area (Å²) in [5.41, 5.74) is 4.77. The van der Waals surface area contributed by atoms with Gasteiger partial charge in [-0.2, -0.15) is 0 Å². The summed E-state index contributed by atoms with van der Waals surface area (Å²) in [5, 5.41) is 0. The van der Waals surface area contributed by atoms with E-state index < -0.39 is 0 Å². The van der Waals surface area contributed by atoms with E-state index in [2.05, 4.69) is 47.0 Å². The Kier molecular flexibility index (Phi) is 4.96. The van der Waals surface area contributed by atoms with Crippen molar-refractivity contribution in [3.05, 3.63) is 65.0 Å². The van der Waals surface area contributed by atoms with Crippen LogP contribution in [0.4, 0.5) is 10.1 Å². The summed E-state index contributed by atoms with van der Waals surface area (Å²) in [7, 11) is 4.35. The van der Waals surface area contributed by atoms with Crippen molar-refractivity contribution in [3.63, 3.8) is 0 Å². The lowest BCUT2D eigenvalue weighted by Gasteiger charge is -2.34. The second-order valence-corrected chi connectivity index (χ2v) is 7.77. The second-order valence-electron chi connectivity index (χ2n) is 7.77. The minimum absolute atomic E-state index is 0.0869. The van der Waals surface area contributed by atoms with E-state index in [0.29, 0.717) is 0 Å². The van der Waals surface area contributed by atoms with E-state index >= 15 is 0 Å². The van der Waals surface area contributed by atoms with Gasteiger partial charge in [-0.1, -0.05) is 24.3 Å². The van der Waals surface area contributed by atoms with E-state index in [1.165, 1.54) is 16.8 Å². The Morgan fingerprint density at radius 1 is 0.846 bits per heavy atom. The highest BCUT2D eigenvalue weighted by molar-refractivity contribution is 5.54. The molecule has 3 nitrogen and oxygen atoms in total. The van der Waals surface area contributed by atoms with Crippen LogP contribution in [0.3, 0.4) is 0 Å². The van der Waals surface area contributed by atoms with Crippen LogP contribution in [-0.4, -0.2) is 56.6 Å². The summed E-state index contributed by atoms with van der Waals surface area (Å²) in [6.07, 6.45) is 0.957. The Morgan fingerprint density at radius 3 is 2.38 bits per heavy atom. The first-order valence-electron chi connectivity index (χ1n) is 9.61. The van der Waals surface area contributed by atoms with Crippen LogP contribution in [0.15, 0.2) is 42.5 Å². The lowest BCUT2D eigenvalue weighted by Crippen LogP contribution is -2.44. The van der Waals surface area contributed by atoms with E-state index in [-0.39, 0.29) is 11.7 Å². The minimum atomic E-state index is -0.0869. The number of piperazine rings is 1. The van der Waals surface area contributed by atoms with Gasteiger partial charge in [0, 0.05) is 44.3 Å². The van der Waals surface area contributed by atoms with Crippen LogP contribution in [-0.2, 0) is 6.54 Å². The first-order chi connectivity index (χ1) is 12.6. The number of rotatable bonds is 2. The van der Waals surface area contributed by atoms with Gasteiger partial charge >= 0.3 is 0 Å². The van der Waals surface area contributed by atoms with E-state index in [1.54, 1.807) is 12.1 Å². The van der Waals surface area contributed by atoms with Gasteiger partial charge in [-0.3, -0.25) is 0 Å². The standard InChI is InChI=1S/C22H28FN3/c1-24-11-13-26(14-12-24)18-7-8-19-17(15-18)16-25(2)10-9-20(19)21-5-3-4-6-22(21)23/h3-8,15,20H,9-14,16H2,1-2H3. The molecule has 1 fully saturated rings. The third-order valence-corrected chi connectivity index (χ3v) is 5.89. The van der Waals surface area contributed by atoms with Crippen LogP contribution in [0.5, 0.6) is 0 Å².